The lowest BCUT2D eigenvalue weighted by Crippen LogP contribution is -2.27. The summed E-state index contributed by atoms with van der Waals surface area (Å²) in [5.41, 5.74) is -0.770. The van der Waals surface area contributed by atoms with Gasteiger partial charge in [-0.15, -0.1) is 0 Å². The van der Waals surface area contributed by atoms with Crippen molar-refractivity contribution in [1.82, 2.24) is 5.09 Å². The van der Waals surface area contributed by atoms with E-state index in [0.717, 1.165) is 26.4 Å². The molecule has 0 aromatic heterocycles. The highest BCUT2D eigenvalue weighted by Crippen LogP contribution is 2.41. The van der Waals surface area contributed by atoms with Crippen LogP contribution < -0.4 is 14.6 Å². The van der Waals surface area contributed by atoms with Gasteiger partial charge < -0.3 is 9.47 Å². The number of amides is 1. The van der Waals surface area contributed by atoms with Gasteiger partial charge in [-0.2, -0.15) is 13.2 Å². The normalized spacial score (nSPS) is 11.8. The Morgan fingerprint density at radius 1 is 0.929 bits per heavy atom. The molecule has 0 saturated heterocycles. The van der Waals surface area contributed by atoms with Crippen molar-refractivity contribution < 1.29 is 41.1 Å². The third-order valence-corrected chi connectivity index (χ3v) is 4.84. The molecule has 1 N–H and O–H groups in total. The minimum absolute atomic E-state index is 0.232. The fourth-order valence-corrected chi connectivity index (χ4v) is 2.65. The topological polar surface area (TPSA) is 83.1 Å². The van der Waals surface area contributed by atoms with E-state index in [0.29, 0.717) is 11.5 Å². The molecule has 0 heterocycles. The number of alkyl halides is 3. The zero-order valence-electron chi connectivity index (χ0n) is 14.9. The maximum atomic E-state index is 12.5. The van der Waals surface area contributed by atoms with Gasteiger partial charge in [-0.05, 0) is 48.5 Å². The molecule has 11 heteroatoms. The lowest BCUT2D eigenvalue weighted by Gasteiger charge is -2.14. The number of ether oxygens (including phenoxy) is 2. The molecule has 2 rings (SSSR count). The molecule has 152 valence electrons. The number of hydrogen-bond acceptors (Lipinski definition) is 6. The number of nitrogens with one attached hydrogen (secondary N) is 1. The molecule has 0 aliphatic rings. The Hall–Kier alpha value is -2.55. The van der Waals surface area contributed by atoms with Crippen LogP contribution in [0, 0.1) is 0 Å². The van der Waals surface area contributed by atoms with Crippen LogP contribution in [0.3, 0.4) is 0 Å². The van der Waals surface area contributed by atoms with Crippen molar-refractivity contribution in [3.05, 3.63) is 54.1 Å². The van der Waals surface area contributed by atoms with Gasteiger partial charge in [0.05, 0.1) is 5.56 Å². The highest BCUT2D eigenvalue weighted by atomic mass is 31.2. The predicted molar refractivity (Wildman–Crippen MR) is 93.2 cm³/mol. The van der Waals surface area contributed by atoms with Gasteiger partial charge in [-0.1, -0.05) is 0 Å². The first kappa shape index (κ1) is 21.7. The molecule has 1 amide bonds. The van der Waals surface area contributed by atoms with Gasteiger partial charge in [0.1, 0.15) is 17.2 Å². The average molecular weight is 419 g/mol. The monoisotopic (exact) mass is 419 g/mol. The summed E-state index contributed by atoms with van der Waals surface area (Å²) in [4.78, 5) is 11.7. The van der Waals surface area contributed by atoms with Gasteiger partial charge in [0, 0.05) is 14.2 Å². The van der Waals surface area contributed by atoms with E-state index < -0.39 is 32.0 Å². The minimum Gasteiger partial charge on any atom is -0.484 e. The minimum atomic E-state index is -4.41. The molecular formula is C17H17F3NO6P. The Morgan fingerprint density at radius 2 is 1.39 bits per heavy atom. The van der Waals surface area contributed by atoms with Crippen LogP contribution in [0.15, 0.2) is 48.5 Å². The first-order chi connectivity index (χ1) is 13.1. The molecule has 0 aliphatic heterocycles. The summed E-state index contributed by atoms with van der Waals surface area (Å²) in [6.07, 6.45) is -4.41. The summed E-state index contributed by atoms with van der Waals surface area (Å²) in [7, 11) is -1.44. The van der Waals surface area contributed by atoms with Crippen LogP contribution in [-0.4, -0.2) is 26.7 Å². The molecule has 28 heavy (non-hydrogen) atoms. The third-order valence-electron chi connectivity index (χ3n) is 3.35. The second-order valence-electron chi connectivity index (χ2n) is 5.28. The third kappa shape index (κ3) is 6.26. The van der Waals surface area contributed by atoms with E-state index in [2.05, 4.69) is 14.1 Å². The molecule has 0 saturated carbocycles. The van der Waals surface area contributed by atoms with E-state index in [1.165, 1.54) is 36.4 Å². The van der Waals surface area contributed by atoms with Crippen molar-refractivity contribution in [3.8, 4) is 17.2 Å². The molecule has 0 bridgehead atoms. The van der Waals surface area contributed by atoms with Gasteiger partial charge in [-0.25, -0.2) is 4.57 Å². The van der Waals surface area contributed by atoms with Crippen molar-refractivity contribution in [2.45, 2.75) is 6.18 Å². The number of rotatable bonds is 8. The maximum Gasteiger partial charge on any atom is 0.434 e. The molecule has 0 spiro atoms. The van der Waals surface area contributed by atoms with Crippen LogP contribution in [0.4, 0.5) is 13.2 Å². The van der Waals surface area contributed by atoms with Gasteiger partial charge in [0.2, 0.25) is 0 Å². The van der Waals surface area contributed by atoms with Gasteiger partial charge in [0.15, 0.2) is 6.61 Å². The number of benzene rings is 2. The predicted octanol–water partition coefficient (Wildman–Crippen LogP) is 4.39. The summed E-state index contributed by atoms with van der Waals surface area (Å²) in [5, 5.41) is 2.06. The van der Waals surface area contributed by atoms with Crippen molar-refractivity contribution >= 4 is 13.7 Å². The fourth-order valence-electron chi connectivity index (χ4n) is 1.95. The standard InChI is InChI=1S/C17H17F3NO6P/c1-24-28(23,25-2)21-16(22)11-26-13-7-9-15(10-8-13)27-14-5-3-12(4-6-14)17(18,19)20/h3-10H,11H2,1-2H3,(H,21,22,23). The SMILES string of the molecule is COP(=O)(NC(=O)COc1ccc(Oc2ccc(C(F)(F)F)cc2)cc1)OC. The maximum absolute atomic E-state index is 12.5. The largest absolute Gasteiger partial charge is 0.484 e. The number of hydrogen-bond donors (Lipinski definition) is 1. The zero-order valence-corrected chi connectivity index (χ0v) is 15.8. The number of halogens is 3. The first-order valence-corrected chi connectivity index (χ1v) is 9.30. The molecule has 0 radical (unpaired) electrons. The van der Waals surface area contributed by atoms with E-state index in [4.69, 9.17) is 9.47 Å². The molecule has 0 atom stereocenters. The quantitative estimate of drug-likeness (QED) is 0.639. The number of carbonyl (C=O) groups excluding carboxylic acids is 1. The van der Waals surface area contributed by atoms with Crippen molar-refractivity contribution in [2.24, 2.45) is 0 Å². The van der Waals surface area contributed by atoms with Crippen molar-refractivity contribution in [3.63, 3.8) is 0 Å². The van der Waals surface area contributed by atoms with E-state index >= 15 is 0 Å². The van der Waals surface area contributed by atoms with E-state index in [1.54, 1.807) is 0 Å². The molecule has 2 aromatic rings. The van der Waals surface area contributed by atoms with Crippen molar-refractivity contribution in [2.75, 3.05) is 20.8 Å². The summed E-state index contributed by atoms with van der Waals surface area (Å²) < 4.78 is 69.2. The van der Waals surface area contributed by atoms with Gasteiger partial charge in [-0.3, -0.25) is 18.9 Å². The van der Waals surface area contributed by atoms with Crippen LogP contribution in [0.2, 0.25) is 0 Å². The van der Waals surface area contributed by atoms with Crippen LogP contribution in [0.5, 0.6) is 17.2 Å². The Labute approximate surface area is 158 Å². The van der Waals surface area contributed by atoms with Crippen LogP contribution in [0.25, 0.3) is 0 Å². The molecule has 0 aliphatic carbocycles. The van der Waals surface area contributed by atoms with E-state index in [9.17, 15) is 22.5 Å². The Morgan fingerprint density at radius 3 is 1.86 bits per heavy atom. The summed E-state index contributed by atoms with van der Waals surface area (Å²) in [6.45, 7) is -0.435. The zero-order chi connectivity index (χ0) is 20.8. The molecular weight excluding hydrogens is 402 g/mol. The molecule has 0 unspecified atom stereocenters. The molecule has 0 fully saturated rings. The second kappa shape index (κ2) is 9.09. The molecule has 2 aromatic carbocycles. The lowest BCUT2D eigenvalue weighted by atomic mass is 10.2. The fraction of sp³-hybridized carbons (Fsp3) is 0.235. The summed E-state index contributed by atoms with van der Waals surface area (Å²) >= 11 is 0. The van der Waals surface area contributed by atoms with Crippen molar-refractivity contribution in [1.29, 1.82) is 0 Å². The second-order valence-corrected chi connectivity index (χ2v) is 7.23. The Balaban J connectivity index is 1.89. The molecule has 7 nitrogen and oxygen atoms in total. The highest BCUT2D eigenvalue weighted by molar-refractivity contribution is 7.52. The van der Waals surface area contributed by atoms with Crippen LogP contribution in [-0.2, 0) is 24.6 Å². The highest BCUT2D eigenvalue weighted by Gasteiger charge is 2.30. The summed E-state index contributed by atoms with van der Waals surface area (Å²) in [5.74, 6) is 0.201. The number of carbonyl (C=O) groups is 1. The van der Waals surface area contributed by atoms with E-state index in [-0.39, 0.29) is 5.75 Å². The van der Waals surface area contributed by atoms with Gasteiger partial charge in [0.25, 0.3) is 5.91 Å². The Kier molecular flexibility index (Phi) is 7.06. The van der Waals surface area contributed by atoms with Crippen LogP contribution >= 0.6 is 7.75 Å². The average Bonchev–Trinajstić information content (AvgIpc) is 2.67. The van der Waals surface area contributed by atoms with Gasteiger partial charge >= 0.3 is 13.9 Å². The lowest BCUT2D eigenvalue weighted by molar-refractivity contribution is -0.137. The van der Waals surface area contributed by atoms with Crippen LogP contribution in [0.1, 0.15) is 5.56 Å². The summed E-state index contributed by atoms with van der Waals surface area (Å²) in [6, 6.07) is 10.3. The van der Waals surface area contributed by atoms with E-state index in [1.807, 2.05) is 0 Å². The smallest absolute Gasteiger partial charge is 0.434 e. The Bertz CT molecular complexity index is 831. The first-order valence-electron chi connectivity index (χ1n) is 7.76.